The summed E-state index contributed by atoms with van der Waals surface area (Å²) in [5.74, 6) is 2.20. The van der Waals surface area contributed by atoms with Crippen LogP contribution in [0.25, 0.3) is 0 Å². The highest BCUT2D eigenvalue weighted by Crippen LogP contribution is 2.49. The molecule has 0 bridgehead atoms. The molecular weight excluding hydrogens is 266 g/mol. The molecule has 2 rings (SSSR count). The first kappa shape index (κ1) is 16.0. The van der Waals surface area contributed by atoms with E-state index in [4.69, 9.17) is 19.9 Å². The van der Waals surface area contributed by atoms with E-state index in [-0.39, 0.29) is 11.5 Å². The Morgan fingerprint density at radius 3 is 1.90 bits per heavy atom. The molecule has 4 heteroatoms. The molecular formula is C17H27NO3. The Balaban J connectivity index is 2.45. The quantitative estimate of drug-likeness (QED) is 0.899. The number of hydrogen-bond donors (Lipinski definition) is 1. The van der Waals surface area contributed by atoms with E-state index in [1.54, 1.807) is 21.3 Å². The van der Waals surface area contributed by atoms with Crippen molar-refractivity contribution in [3.63, 3.8) is 0 Å². The van der Waals surface area contributed by atoms with Gasteiger partial charge in [-0.3, -0.25) is 0 Å². The molecule has 1 aromatic rings. The zero-order valence-corrected chi connectivity index (χ0v) is 13.6. The number of hydrogen-bond acceptors (Lipinski definition) is 4. The van der Waals surface area contributed by atoms with Gasteiger partial charge in [0.25, 0.3) is 0 Å². The minimum Gasteiger partial charge on any atom is -0.496 e. The first-order valence-electron chi connectivity index (χ1n) is 7.61. The summed E-state index contributed by atoms with van der Waals surface area (Å²) in [7, 11) is 4.96. The van der Waals surface area contributed by atoms with Crippen molar-refractivity contribution < 1.29 is 14.2 Å². The van der Waals surface area contributed by atoms with E-state index in [1.165, 1.54) is 19.3 Å². The van der Waals surface area contributed by atoms with Crippen molar-refractivity contribution in [2.24, 2.45) is 11.1 Å². The van der Waals surface area contributed by atoms with Crippen LogP contribution in [0.2, 0.25) is 0 Å². The van der Waals surface area contributed by atoms with Crippen molar-refractivity contribution in [2.75, 3.05) is 21.3 Å². The maximum atomic E-state index is 6.65. The topological polar surface area (TPSA) is 53.7 Å². The normalized spacial score (nSPS) is 18.9. The number of ether oxygens (including phenoxy) is 3. The Hall–Kier alpha value is -1.42. The van der Waals surface area contributed by atoms with Gasteiger partial charge in [-0.05, 0) is 18.3 Å². The molecule has 0 amide bonds. The lowest BCUT2D eigenvalue weighted by atomic mass is 9.68. The first-order chi connectivity index (χ1) is 10.1. The molecule has 1 aromatic carbocycles. The zero-order chi connectivity index (χ0) is 15.5. The second-order valence-corrected chi connectivity index (χ2v) is 6.14. The van der Waals surface area contributed by atoms with E-state index in [0.29, 0.717) is 5.75 Å². The van der Waals surface area contributed by atoms with Crippen LogP contribution in [0, 0.1) is 5.41 Å². The fourth-order valence-electron chi connectivity index (χ4n) is 3.36. The van der Waals surface area contributed by atoms with Crippen LogP contribution in [0.1, 0.15) is 50.6 Å². The van der Waals surface area contributed by atoms with Gasteiger partial charge >= 0.3 is 0 Å². The molecule has 2 N–H and O–H groups in total. The summed E-state index contributed by atoms with van der Waals surface area (Å²) in [5, 5.41) is 0. The molecule has 1 atom stereocenters. The summed E-state index contributed by atoms with van der Waals surface area (Å²) in [6, 6.07) is 3.65. The van der Waals surface area contributed by atoms with Gasteiger partial charge in [0.05, 0.1) is 26.9 Å². The summed E-state index contributed by atoms with van der Waals surface area (Å²) in [5.41, 5.74) is 7.69. The minimum absolute atomic E-state index is 0.0907. The second kappa shape index (κ2) is 6.56. The monoisotopic (exact) mass is 293 g/mol. The van der Waals surface area contributed by atoms with Gasteiger partial charge in [0.15, 0.2) is 0 Å². The van der Waals surface area contributed by atoms with Crippen molar-refractivity contribution in [1.82, 2.24) is 0 Å². The van der Waals surface area contributed by atoms with Crippen LogP contribution in [0.5, 0.6) is 17.2 Å². The molecule has 1 aliphatic carbocycles. The molecule has 0 aromatic heterocycles. The SMILES string of the molecule is COc1cc(OC)c(C(N)C2(C)CCCCC2)c(OC)c1. The van der Waals surface area contributed by atoms with Gasteiger partial charge in [-0.25, -0.2) is 0 Å². The Bertz CT molecular complexity index is 456. The van der Waals surface area contributed by atoms with E-state index >= 15 is 0 Å². The molecule has 0 spiro atoms. The Morgan fingerprint density at radius 2 is 1.48 bits per heavy atom. The van der Waals surface area contributed by atoms with E-state index in [1.807, 2.05) is 12.1 Å². The van der Waals surface area contributed by atoms with Gasteiger partial charge in [-0.2, -0.15) is 0 Å². The zero-order valence-electron chi connectivity index (χ0n) is 13.6. The fraction of sp³-hybridized carbons (Fsp3) is 0.647. The maximum absolute atomic E-state index is 6.65. The van der Waals surface area contributed by atoms with Crippen molar-refractivity contribution in [1.29, 1.82) is 0 Å². The molecule has 1 fully saturated rings. The highest BCUT2D eigenvalue weighted by atomic mass is 16.5. The average Bonchev–Trinajstić information content (AvgIpc) is 2.53. The molecule has 1 unspecified atom stereocenters. The van der Waals surface area contributed by atoms with E-state index in [2.05, 4.69) is 6.92 Å². The van der Waals surface area contributed by atoms with Gasteiger partial charge in [-0.1, -0.05) is 26.2 Å². The lowest BCUT2D eigenvalue weighted by molar-refractivity contribution is 0.165. The highest BCUT2D eigenvalue weighted by Gasteiger charge is 2.37. The van der Waals surface area contributed by atoms with E-state index in [9.17, 15) is 0 Å². The van der Waals surface area contributed by atoms with E-state index in [0.717, 1.165) is 29.9 Å². The first-order valence-corrected chi connectivity index (χ1v) is 7.61. The molecule has 21 heavy (non-hydrogen) atoms. The van der Waals surface area contributed by atoms with Gasteiger partial charge < -0.3 is 19.9 Å². The van der Waals surface area contributed by atoms with Crippen molar-refractivity contribution >= 4 is 0 Å². The number of rotatable bonds is 5. The summed E-state index contributed by atoms with van der Waals surface area (Å²) in [4.78, 5) is 0. The van der Waals surface area contributed by atoms with E-state index < -0.39 is 0 Å². The number of nitrogens with two attached hydrogens (primary N) is 1. The minimum atomic E-state index is -0.103. The van der Waals surface area contributed by atoms with Gasteiger partial charge in [0.1, 0.15) is 17.2 Å². The highest BCUT2D eigenvalue weighted by molar-refractivity contribution is 5.52. The predicted octanol–water partition coefficient (Wildman–Crippen LogP) is 3.68. The number of benzene rings is 1. The molecule has 0 aliphatic heterocycles. The third-order valence-electron chi connectivity index (χ3n) is 4.81. The molecule has 0 saturated heterocycles. The summed E-state index contributed by atoms with van der Waals surface area (Å²) >= 11 is 0. The third kappa shape index (κ3) is 3.10. The van der Waals surface area contributed by atoms with Crippen LogP contribution < -0.4 is 19.9 Å². The van der Waals surface area contributed by atoms with Crippen molar-refractivity contribution in [2.45, 2.75) is 45.1 Å². The van der Waals surface area contributed by atoms with Crippen molar-refractivity contribution in [3.8, 4) is 17.2 Å². The molecule has 0 heterocycles. The summed E-state index contributed by atoms with van der Waals surface area (Å²) in [6.07, 6.45) is 6.08. The Labute approximate surface area is 127 Å². The van der Waals surface area contributed by atoms with Crippen molar-refractivity contribution in [3.05, 3.63) is 17.7 Å². The van der Waals surface area contributed by atoms with Crippen LogP contribution in [0.15, 0.2) is 12.1 Å². The Kier molecular flexibility index (Phi) is 4.99. The van der Waals surface area contributed by atoms with Gasteiger partial charge in [0.2, 0.25) is 0 Å². The molecule has 0 radical (unpaired) electrons. The van der Waals surface area contributed by atoms with Crippen LogP contribution >= 0.6 is 0 Å². The standard InChI is InChI=1S/C17H27NO3/c1-17(8-6-5-7-9-17)16(18)15-13(20-3)10-12(19-2)11-14(15)21-4/h10-11,16H,5-9,18H2,1-4H3. The van der Waals surface area contributed by atoms with Crippen LogP contribution in [-0.2, 0) is 0 Å². The summed E-state index contributed by atoms with van der Waals surface area (Å²) in [6.45, 7) is 2.28. The van der Waals surface area contributed by atoms with Crippen LogP contribution in [0.3, 0.4) is 0 Å². The second-order valence-electron chi connectivity index (χ2n) is 6.14. The lowest BCUT2D eigenvalue weighted by Gasteiger charge is -2.40. The van der Waals surface area contributed by atoms with Gasteiger partial charge in [-0.15, -0.1) is 0 Å². The molecule has 1 saturated carbocycles. The fourth-order valence-corrected chi connectivity index (χ4v) is 3.36. The average molecular weight is 293 g/mol. The lowest BCUT2D eigenvalue weighted by Crippen LogP contribution is -2.34. The maximum Gasteiger partial charge on any atom is 0.131 e. The Morgan fingerprint density at radius 1 is 0.952 bits per heavy atom. The largest absolute Gasteiger partial charge is 0.496 e. The van der Waals surface area contributed by atoms with Crippen LogP contribution in [-0.4, -0.2) is 21.3 Å². The smallest absolute Gasteiger partial charge is 0.131 e. The number of methoxy groups -OCH3 is 3. The van der Waals surface area contributed by atoms with Gasteiger partial charge in [0, 0.05) is 18.2 Å². The molecule has 118 valence electrons. The third-order valence-corrected chi connectivity index (χ3v) is 4.81. The molecule has 4 nitrogen and oxygen atoms in total. The molecule has 1 aliphatic rings. The predicted molar refractivity (Wildman–Crippen MR) is 84.2 cm³/mol. The van der Waals surface area contributed by atoms with Crippen LogP contribution in [0.4, 0.5) is 0 Å². The summed E-state index contributed by atoms with van der Waals surface area (Å²) < 4.78 is 16.4.